The zero-order valence-electron chi connectivity index (χ0n) is 13.2. The molecule has 0 bridgehead atoms. The number of carbonyl (C=O) groups excluding carboxylic acids is 1. The number of ether oxygens (including phenoxy) is 2. The Labute approximate surface area is 126 Å². The van der Waals surface area contributed by atoms with Crippen molar-refractivity contribution < 1.29 is 24.2 Å². The Kier molecular flexibility index (Phi) is 8.43. The van der Waals surface area contributed by atoms with Crippen LogP contribution in [0.5, 0.6) is 0 Å². The summed E-state index contributed by atoms with van der Waals surface area (Å²) in [6, 6.07) is 0. The van der Waals surface area contributed by atoms with Gasteiger partial charge in [-0.1, -0.05) is 39.8 Å². The fourth-order valence-electron chi connectivity index (χ4n) is 2.12. The zero-order chi connectivity index (χ0) is 16.5. The second-order valence-electron chi connectivity index (χ2n) is 5.31. The number of carboxylic acid groups (broad SMARTS) is 1. The minimum absolute atomic E-state index is 0.0541. The third-order valence-corrected chi connectivity index (χ3v) is 3.04. The summed E-state index contributed by atoms with van der Waals surface area (Å²) in [6.07, 6.45) is 3.41. The van der Waals surface area contributed by atoms with E-state index in [0.29, 0.717) is 5.57 Å². The predicted molar refractivity (Wildman–Crippen MR) is 80.8 cm³/mol. The largest absolute Gasteiger partial charge is 0.482 e. The van der Waals surface area contributed by atoms with Crippen molar-refractivity contribution in [3.8, 4) is 0 Å². The van der Waals surface area contributed by atoms with Gasteiger partial charge >= 0.3 is 11.9 Å². The molecule has 21 heavy (non-hydrogen) atoms. The lowest BCUT2D eigenvalue weighted by molar-refractivity contribution is -0.158. The molecule has 0 heterocycles. The third-order valence-electron chi connectivity index (χ3n) is 3.04. The second-order valence-corrected chi connectivity index (χ2v) is 5.31. The minimum atomic E-state index is -1.11. The Hall–Kier alpha value is -1.78. The molecule has 0 atom stereocenters. The molecule has 1 N–H and O–H groups in total. The fraction of sp³-hybridized carbons (Fsp3) is 0.625. The maximum atomic E-state index is 12.0. The maximum absolute atomic E-state index is 12.0. The van der Waals surface area contributed by atoms with Gasteiger partial charge < -0.3 is 14.6 Å². The van der Waals surface area contributed by atoms with Gasteiger partial charge in [0.25, 0.3) is 0 Å². The van der Waals surface area contributed by atoms with E-state index in [1.165, 1.54) is 0 Å². The van der Waals surface area contributed by atoms with Crippen LogP contribution in [0, 0.1) is 0 Å². The van der Waals surface area contributed by atoms with E-state index in [1.54, 1.807) is 0 Å². The number of carbonyl (C=O) groups is 2. The SMILES string of the molecule is C=C(CC(=O)OC(C)(CCC)CCC)C(=C)OCC(=O)O. The molecule has 0 aliphatic rings. The number of hydrogen-bond donors (Lipinski definition) is 1. The quantitative estimate of drug-likeness (QED) is 0.359. The number of allylic oxidation sites excluding steroid dienone is 1. The van der Waals surface area contributed by atoms with E-state index >= 15 is 0 Å². The van der Waals surface area contributed by atoms with E-state index in [0.717, 1.165) is 25.7 Å². The van der Waals surface area contributed by atoms with Crippen molar-refractivity contribution in [1.29, 1.82) is 0 Å². The minimum Gasteiger partial charge on any atom is -0.482 e. The first-order valence-corrected chi connectivity index (χ1v) is 7.17. The molecule has 120 valence electrons. The van der Waals surface area contributed by atoms with Gasteiger partial charge in [-0.05, 0) is 25.3 Å². The number of aliphatic carboxylic acids is 1. The van der Waals surface area contributed by atoms with Gasteiger partial charge in [-0.2, -0.15) is 0 Å². The van der Waals surface area contributed by atoms with E-state index in [4.69, 9.17) is 14.6 Å². The summed E-state index contributed by atoms with van der Waals surface area (Å²) >= 11 is 0. The van der Waals surface area contributed by atoms with Crippen LogP contribution in [0.1, 0.15) is 52.9 Å². The number of carboxylic acids is 1. The number of rotatable bonds is 11. The highest BCUT2D eigenvalue weighted by atomic mass is 16.6. The molecule has 0 saturated heterocycles. The van der Waals surface area contributed by atoms with E-state index in [9.17, 15) is 9.59 Å². The normalized spacial score (nSPS) is 10.8. The molecule has 5 heteroatoms. The van der Waals surface area contributed by atoms with Gasteiger partial charge in [-0.15, -0.1) is 0 Å². The maximum Gasteiger partial charge on any atom is 0.341 e. The summed E-state index contributed by atoms with van der Waals surface area (Å²) in [5.41, 5.74) is -0.138. The summed E-state index contributed by atoms with van der Waals surface area (Å²) in [4.78, 5) is 22.4. The smallest absolute Gasteiger partial charge is 0.341 e. The highest BCUT2D eigenvalue weighted by molar-refractivity contribution is 5.74. The lowest BCUT2D eigenvalue weighted by Gasteiger charge is -2.29. The Morgan fingerprint density at radius 2 is 1.67 bits per heavy atom. The molecule has 5 nitrogen and oxygen atoms in total. The van der Waals surface area contributed by atoms with Crippen molar-refractivity contribution in [1.82, 2.24) is 0 Å². The van der Waals surface area contributed by atoms with Crippen LogP contribution in [0.3, 0.4) is 0 Å². The van der Waals surface area contributed by atoms with Crippen molar-refractivity contribution in [3.05, 3.63) is 24.5 Å². The van der Waals surface area contributed by atoms with Crippen molar-refractivity contribution in [2.45, 2.75) is 58.5 Å². The molecular weight excluding hydrogens is 272 g/mol. The molecule has 0 rings (SSSR count). The van der Waals surface area contributed by atoms with Crippen LogP contribution in [0.15, 0.2) is 24.5 Å². The molecule has 0 spiro atoms. The Morgan fingerprint density at radius 1 is 1.14 bits per heavy atom. The van der Waals surface area contributed by atoms with Gasteiger partial charge in [0.05, 0.1) is 6.42 Å². The molecule has 0 amide bonds. The van der Waals surface area contributed by atoms with Crippen LogP contribution in [0.2, 0.25) is 0 Å². The fourth-order valence-corrected chi connectivity index (χ4v) is 2.12. The standard InChI is InChI=1S/C16H26O5/c1-6-8-16(5,9-7-2)21-15(19)10-12(3)13(4)20-11-14(17)18/h3-4,6-11H2,1-2,5H3,(H,17,18). The van der Waals surface area contributed by atoms with E-state index < -0.39 is 24.1 Å². The van der Waals surface area contributed by atoms with Gasteiger partial charge in [-0.3, -0.25) is 4.79 Å². The molecule has 0 unspecified atom stereocenters. The average Bonchev–Trinajstić information content (AvgIpc) is 2.35. The molecule has 0 saturated carbocycles. The van der Waals surface area contributed by atoms with Gasteiger partial charge in [0.15, 0.2) is 6.61 Å². The molecule has 0 fully saturated rings. The molecule has 0 aliphatic heterocycles. The summed E-state index contributed by atoms with van der Waals surface area (Å²) in [5.74, 6) is -1.41. The molecule has 0 aromatic rings. The van der Waals surface area contributed by atoms with Crippen molar-refractivity contribution in [2.75, 3.05) is 6.61 Å². The summed E-state index contributed by atoms with van der Waals surface area (Å²) in [5, 5.41) is 8.51. The van der Waals surface area contributed by atoms with Crippen LogP contribution in [-0.2, 0) is 19.1 Å². The van der Waals surface area contributed by atoms with Gasteiger partial charge in [0.1, 0.15) is 11.4 Å². The topological polar surface area (TPSA) is 72.8 Å². The summed E-state index contributed by atoms with van der Waals surface area (Å²) in [7, 11) is 0. The van der Waals surface area contributed by atoms with Crippen molar-refractivity contribution >= 4 is 11.9 Å². The molecule has 0 radical (unpaired) electrons. The predicted octanol–water partition coefficient (Wildman–Crippen LogP) is 3.45. The van der Waals surface area contributed by atoms with Crippen molar-refractivity contribution in [3.63, 3.8) is 0 Å². The lowest BCUT2D eigenvalue weighted by atomic mass is 9.94. The first-order chi connectivity index (χ1) is 9.74. The monoisotopic (exact) mass is 298 g/mol. The molecule has 0 aromatic heterocycles. The van der Waals surface area contributed by atoms with Crippen LogP contribution in [-0.4, -0.2) is 29.3 Å². The summed E-state index contributed by atoms with van der Waals surface area (Å²) < 4.78 is 10.4. The zero-order valence-corrected chi connectivity index (χ0v) is 13.2. The van der Waals surface area contributed by atoms with Gasteiger partial charge in [0.2, 0.25) is 0 Å². The highest BCUT2D eigenvalue weighted by Crippen LogP contribution is 2.25. The van der Waals surface area contributed by atoms with Crippen LogP contribution in [0.4, 0.5) is 0 Å². The van der Waals surface area contributed by atoms with Gasteiger partial charge in [0, 0.05) is 0 Å². The first kappa shape index (κ1) is 19.2. The first-order valence-electron chi connectivity index (χ1n) is 7.17. The van der Waals surface area contributed by atoms with Crippen LogP contribution >= 0.6 is 0 Å². The highest BCUT2D eigenvalue weighted by Gasteiger charge is 2.27. The number of esters is 1. The average molecular weight is 298 g/mol. The molecule has 0 aliphatic carbocycles. The van der Waals surface area contributed by atoms with Crippen LogP contribution < -0.4 is 0 Å². The Morgan fingerprint density at radius 3 is 2.10 bits per heavy atom. The Bertz CT molecular complexity index is 391. The van der Waals surface area contributed by atoms with Crippen LogP contribution in [0.25, 0.3) is 0 Å². The second kappa shape index (κ2) is 9.21. The van der Waals surface area contributed by atoms with E-state index in [-0.39, 0.29) is 12.2 Å². The third kappa shape index (κ3) is 8.17. The van der Waals surface area contributed by atoms with E-state index in [1.807, 2.05) is 20.8 Å². The van der Waals surface area contributed by atoms with Crippen molar-refractivity contribution in [2.24, 2.45) is 0 Å². The van der Waals surface area contributed by atoms with Gasteiger partial charge in [-0.25, -0.2) is 4.79 Å². The molecule has 0 aromatic carbocycles. The Balaban J connectivity index is 4.43. The molecular formula is C16H26O5. The number of hydrogen-bond acceptors (Lipinski definition) is 4. The lowest BCUT2D eigenvalue weighted by Crippen LogP contribution is -2.31. The van der Waals surface area contributed by atoms with E-state index in [2.05, 4.69) is 13.2 Å². The summed E-state index contributed by atoms with van der Waals surface area (Å²) in [6.45, 7) is 12.7.